The summed E-state index contributed by atoms with van der Waals surface area (Å²) in [6.45, 7) is -1.24. The summed E-state index contributed by atoms with van der Waals surface area (Å²) in [6, 6.07) is 18.2. The highest BCUT2D eigenvalue weighted by Crippen LogP contribution is 2.32. The molecule has 0 spiro atoms. The second-order valence-corrected chi connectivity index (χ2v) is 7.16. The van der Waals surface area contributed by atoms with Crippen LogP contribution in [-0.4, -0.2) is 20.3 Å². The van der Waals surface area contributed by atoms with Crippen molar-refractivity contribution in [2.75, 3.05) is 5.32 Å². The first-order chi connectivity index (χ1) is 15.4. The number of nitro groups is 1. The van der Waals surface area contributed by atoms with Crippen LogP contribution in [0.2, 0.25) is 0 Å². The molecule has 1 N–H and O–H groups in total. The molecule has 9 heteroatoms. The van der Waals surface area contributed by atoms with Crippen LogP contribution in [0.4, 0.5) is 20.2 Å². The predicted octanol–water partition coefficient (Wildman–Crippen LogP) is 5.74. The quantitative estimate of drug-likeness (QED) is 0.227. The molecule has 1 atom stereocenters. The number of rotatable bonds is 7. The number of imidazole rings is 1. The number of aromatic nitrogens is 2. The lowest BCUT2D eigenvalue weighted by Crippen LogP contribution is -2.15. The summed E-state index contributed by atoms with van der Waals surface area (Å²) in [4.78, 5) is 28.0. The Kier molecular flexibility index (Phi) is 5.63. The van der Waals surface area contributed by atoms with Crippen LogP contribution in [0.15, 0.2) is 72.8 Å². The summed E-state index contributed by atoms with van der Waals surface area (Å²) in [6.07, 6.45) is 0. The number of ketones is 1. The number of nitrogens with one attached hydrogen (secondary N) is 1. The van der Waals surface area contributed by atoms with E-state index in [1.54, 1.807) is 55.5 Å². The summed E-state index contributed by atoms with van der Waals surface area (Å²) >= 11 is 0. The minimum Gasteiger partial charge on any atom is -0.370 e. The van der Waals surface area contributed by atoms with Crippen molar-refractivity contribution in [2.45, 2.75) is 19.5 Å². The molecule has 0 saturated carbocycles. The van der Waals surface area contributed by atoms with E-state index in [1.165, 1.54) is 24.3 Å². The van der Waals surface area contributed by atoms with E-state index in [2.05, 4.69) is 10.3 Å². The minimum absolute atomic E-state index is 0.0416. The largest absolute Gasteiger partial charge is 0.370 e. The third kappa shape index (κ3) is 3.92. The van der Waals surface area contributed by atoms with Gasteiger partial charge in [0, 0.05) is 17.2 Å². The van der Waals surface area contributed by atoms with E-state index in [1.807, 2.05) is 0 Å². The van der Waals surface area contributed by atoms with Gasteiger partial charge in [0.05, 0.1) is 22.0 Å². The normalized spacial score (nSPS) is 12.1. The van der Waals surface area contributed by atoms with Crippen molar-refractivity contribution in [1.82, 2.24) is 9.55 Å². The van der Waals surface area contributed by atoms with Crippen molar-refractivity contribution < 1.29 is 18.5 Å². The van der Waals surface area contributed by atoms with Crippen LogP contribution in [-0.2, 0) is 0 Å². The lowest BCUT2D eigenvalue weighted by molar-refractivity contribution is -0.384. The van der Waals surface area contributed by atoms with Crippen LogP contribution in [0.25, 0.3) is 11.0 Å². The van der Waals surface area contributed by atoms with Crippen molar-refractivity contribution in [3.8, 4) is 0 Å². The molecule has 0 amide bonds. The molecular weight excluding hydrogens is 418 g/mol. The van der Waals surface area contributed by atoms with E-state index in [4.69, 9.17) is 0 Å². The molecule has 1 heterocycles. The number of anilines is 1. The lowest BCUT2D eigenvalue weighted by atomic mass is 10.0. The highest BCUT2D eigenvalue weighted by atomic mass is 19.3. The van der Waals surface area contributed by atoms with E-state index in [0.717, 1.165) is 4.57 Å². The molecule has 0 aliphatic carbocycles. The maximum absolute atomic E-state index is 13.7. The fourth-order valence-corrected chi connectivity index (χ4v) is 3.57. The fraction of sp³-hybridized carbons (Fsp3) is 0.130. The van der Waals surface area contributed by atoms with E-state index in [-0.39, 0.29) is 34.1 Å². The zero-order chi connectivity index (χ0) is 22.8. The molecule has 7 nitrogen and oxygen atoms in total. The Labute approximate surface area is 181 Å². The molecule has 3 aromatic carbocycles. The van der Waals surface area contributed by atoms with Gasteiger partial charge in [-0.2, -0.15) is 8.78 Å². The first kappa shape index (κ1) is 21.1. The van der Waals surface area contributed by atoms with Crippen molar-refractivity contribution in [3.05, 3.63) is 99.9 Å². The van der Waals surface area contributed by atoms with E-state index in [9.17, 15) is 23.7 Å². The molecule has 0 aliphatic heterocycles. The van der Waals surface area contributed by atoms with E-state index < -0.39 is 17.5 Å². The second-order valence-electron chi connectivity index (χ2n) is 7.16. The van der Waals surface area contributed by atoms with Gasteiger partial charge in [-0.1, -0.05) is 42.5 Å². The van der Waals surface area contributed by atoms with Crippen LogP contribution >= 0.6 is 0 Å². The lowest BCUT2D eigenvalue weighted by Gasteiger charge is -2.17. The monoisotopic (exact) mass is 436 g/mol. The summed E-state index contributed by atoms with van der Waals surface area (Å²) in [5.41, 5.74) is 0.986. The first-order valence-electron chi connectivity index (χ1n) is 9.76. The third-order valence-electron chi connectivity index (χ3n) is 5.07. The molecule has 0 aliphatic rings. The van der Waals surface area contributed by atoms with E-state index in [0.29, 0.717) is 11.1 Å². The molecular formula is C23H18F2N4O3. The number of alkyl halides is 2. The zero-order valence-corrected chi connectivity index (χ0v) is 16.9. The van der Waals surface area contributed by atoms with Gasteiger partial charge in [0.15, 0.2) is 5.78 Å². The van der Waals surface area contributed by atoms with Gasteiger partial charge >= 0.3 is 6.55 Å². The van der Waals surface area contributed by atoms with Crippen molar-refractivity contribution >= 4 is 28.2 Å². The maximum Gasteiger partial charge on any atom is 0.320 e. The smallest absolute Gasteiger partial charge is 0.320 e. The van der Waals surface area contributed by atoms with Crippen molar-refractivity contribution in [3.63, 3.8) is 0 Å². The molecule has 0 saturated heterocycles. The Balaban J connectivity index is 1.69. The summed E-state index contributed by atoms with van der Waals surface area (Å²) in [7, 11) is 0. The number of carbonyl (C=O) groups excluding carboxylic acids is 1. The van der Waals surface area contributed by atoms with Gasteiger partial charge < -0.3 is 5.32 Å². The van der Waals surface area contributed by atoms with E-state index >= 15 is 0 Å². The molecule has 0 unspecified atom stereocenters. The van der Waals surface area contributed by atoms with Crippen LogP contribution in [0.5, 0.6) is 0 Å². The average molecular weight is 436 g/mol. The summed E-state index contributed by atoms with van der Waals surface area (Å²) in [5, 5.41) is 14.6. The zero-order valence-electron chi connectivity index (χ0n) is 16.9. The Bertz CT molecular complexity index is 1310. The fourth-order valence-electron chi connectivity index (χ4n) is 3.57. The summed E-state index contributed by atoms with van der Waals surface area (Å²) < 4.78 is 28.3. The number of benzene rings is 3. The van der Waals surface area contributed by atoms with Gasteiger partial charge in [0.25, 0.3) is 5.69 Å². The number of fused-ring (bicyclic) bond motifs is 1. The molecule has 0 radical (unpaired) electrons. The van der Waals surface area contributed by atoms with Gasteiger partial charge in [-0.25, -0.2) is 4.98 Å². The maximum atomic E-state index is 13.7. The van der Waals surface area contributed by atoms with Crippen LogP contribution in [0.1, 0.15) is 41.3 Å². The first-order valence-corrected chi connectivity index (χ1v) is 9.76. The number of hydrogen-bond donors (Lipinski definition) is 1. The third-order valence-corrected chi connectivity index (χ3v) is 5.07. The van der Waals surface area contributed by atoms with Gasteiger partial charge in [-0.3, -0.25) is 19.5 Å². The van der Waals surface area contributed by atoms with Crippen molar-refractivity contribution in [2.24, 2.45) is 0 Å². The number of hydrogen-bond acceptors (Lipinski definition) is 5. The van der Waals surface area contributed by atoms with Gasteiger partial charge in [0.1, 0.15) is 11.5 Å². The molecule has 0 bridgehead atoms. The standard InChI is InChI=1S/C23H18F2N4O3/c1-14(22-27-17-9-5-6-10-19(17)28(22)23(24)25)26-18-12-11-16(13-20(18)29(31)32)21(30)15-7-3-2-4-8-15/h2-14,23,26H,1H3/t14-/m0/s1. The molecule has 162 valence electrons. The Morgan fingerprint density at radius 2 is 1.72 bits per heavy atom. The minimum atomic E-state index is -2.83. The van der Waals surface area contributed by atoms with Crippen molar-refractivity contribution in [1.29, 1.82) is 0 Å². The number of para-hydroxylation sites is 2. The molecule has 4 rings (SSSR count). The second kappa shape index (κ2) is 8.54. The Hall–Kier alpha value is -4.14. The highest BCUT2D eigenvalue weighted by molar-refractivity contribution is 6.09. The number of nitro benzene ring substituents is 1. The van der Waals surface area contributed by atoms with Gasteiger partial charge in [-0.15, -0.1) is 0 Å². The molecule has 1 aromatic heterocycles. The SMILES string of the molecule is C[C@H](Nc1ccc(C(=O)c2ccccc2)cc1[N+](=O)[O-])c1nc2ccccc2n1C(F)F. The van der Waals surface area contributed by atoms with Crippen LogP contribution < -0.4 is 5.32 Å². The Morgan fingerprint density at radius 1 is 1.03 bits per heavy atom. The molecule has 4 aromatic rings. The summed E-state index contributed by atoms with van der Waals surface area (Å²) in [5.74, 6) is -0.312. The molecule has 32 heavy (non-hydrogen) atoms. The molecule has 0 fully saturated rings. The van der Waals surface area contributed by atoms with Gasteiger partial charge in [0.2, 0.25) is 0 Å². The average Bonchev–Trinajstić information content (AvgIpc) is 3.19. The number of nitrogens with zero attached hydrogens (tertiary/aromatic N) is 3. The topological polar surface area (TPSA) is 90.1 Å². The van der Waals surface area contributed by atoms with Gasteiger partial charge in [-0.05, 0) is 31.2 Å². The highest BCUT2D eigenvalue weighted by Gasteiger charge is 2.25. The van der Waals surface area contributed by atoms with Crippen LogP contribution in [0.3, 0.4) is 0 Å². The number of carbonyl (C=O) groups is 1. The van der Waals surface area contributed by atoms with Crippen LogP contribution in [0, 0.1) is 10.1 Å². The predicted molar refractivity (Wildman–Crippen MR) is 116 cm³/mol. The number of halogens is 2. The Morgan fingerprint density at radius 3 is 2.41 bits per heavy atom.